The Labute approximate surface area is 142 Å². The molecule has 0 unspecified atom stereocenters. The van der Waals surface area contributed by atoms with Gasteiger partial charge in [0, 0.05) is 12.2 Å². The summed E-state index contributed by atoms with van der Waals surface area (Å²) in [6, 6.07) is 14.0. The lowest BCUT2D eigenvalue weighted by molar-refractivity contribution is -0.117. The molecule has 0 aliphatic carbocycles. The second-order valence-corrected chi connectivity index (χ2v) is 7.34. The fourth-order valence-corrected chi connectivity index (χ4v) is 2.82. The van der Waals surface area contributed by atoms with Crippen LogP contribution in [0.2, 0.25) is 0 Å². The van der Waals surface area contributed by atoms with Crippen molar-refractivity contribution < 1.29 is 13.2 Å². The summed E-state index contributed by atoms with van der Waals surface area (Å²) in [5.41, 5.74) is 2.70. The molecular formula is C17H21N3O3S. The van der Waals surface area contributed by atoms with Gasteiger partial charge in [-0.05, 0) is 37.7 Å². The highest BCUT2D eigenvalue weighted by molar-refractivity contribution is 7.89. The van der Waals surface area contributed by atoms with Gasteiger partial charge >= 0.3 is 0 Å². The molecule has 0 aliphatic rings. The molecule has 0 aromatic heterocycles. The van der Waals surface area contributed by atoms with Gasteiger partial charge in [0.2, 0.25) is 15.9 Å². The number of likely N-dealkylation sites (N-methyl/N-ethyl adjacent to an activating group) is 1. The number of primary sulfonamides is 1. The Hall–Kier alpha value is -2.22. The van der Waals surface area contributed by atoms with Gasteiger partial charge in [-0.25, -0.2) is 13.6 Å². The number of hydrogen-bond donors (Lipinski definition) is 2. The summed E-state index contributed by atoms with van der Waals surface area (Å²) in [6.07, 6.45) is 0. The molecule has 0 aliphatic heterocycles. The fraction of sp³-hybridized carbons (Fsp3) is 0.235. The van der Waals surface area contributed by atoms with Crippen molar-refractivity contribution in [3.8, 4) is 0 Å². The van der Waals surface area contributed by atoms with Gasteiger partial charge in [-0.1, -0.05) is 35.9 Å². The normalized spacial score (nSPS) is 11.5. The number of nitrogens with one attached hydrogen (secondary N) is 1. The van der Waals surface area contributed by atoms with Crippen LogP contribution in [0.15, 0.2) is 53.4 Å². The minimum Gasteiger partial charge on any atom is -0.325 e. The average molecular weight is 347 g/mol. The van der Waals surface area contributed by atoms with Crippen molar-refractivity contribution in [1.29, 1.82) is 0 Å². The van der Waals surface area contributed by atoms with E-state index in [4.69, 9.17) is 5.14 Å². The quantitative estimate of drug-likeness (QED) is 0.832. The van der Waals surface area contributed by atoms with Crippen molar-refractivity contribution in [2.45, 2.75) is 18.4 Å². The van der Waals surface area contributed by atoms with Crippen LogP contribution >= 0.6 is 0 Å². The maximum Gasteiger partial charge on any atom is 0.238 e. The zero-order valence-corrected chi connectivity index (χ0v) is 14.5. The van der Waals surface area contributed by atoms with Crippen molar-refractivity contribution in [1.82, 2.24) is 4.90 Å². The number of sulfonamides is 1. The van der Waals surface area contributed by atoms with E-state index in [1.54, 1.807) is 6.07 Å². The third kappa shape index (κ3) is 5.45. The molecule has 2 rings (SSSR count). The lowest BCUT2D eigenvalue weighted by Gasteiger charge is -2.16. The number of amides is 1. The molecule has 2 aromatic rings. The van der Waals surface area contributed by atoms with E-state index in [9.17, 15) is 13.2 Å². The summed E-state index contributed by atoms with van der Waals surface area (Å²) < 4.78 is 22.7. The SMILES string of the molecule is Cc1ccc(CN(C)CC(=O)Nc2cccc(S(N)(=O)=O)c2)cc1. The molecular weight excluding hydrogens is 326 g/mol. The first-order chi connectivity index (χ1) is 11.2. The van der Waals surface area contributed by atoms with E-state index in [0.29, 0.717) is 12.2 Å². The predicted molar refractivity (Wildman–Crippen MR) is 94.0 cm³/mol. The number of anilines is 1. The number of carbonyl (C=O) groups is 1. The number of nitrogens with zero attached hydrogens (tertiary/aromatic N) is 1. The fourth-order valence-electron chi connectivity index (χ4n) is 2.26. The second-order valence-electron chi connectivity index (χ2n) is 5.78. The minimum absolute atomic E-state index is 0.0340. The van der Waals surface area contributed by atoms with Crippen LogP contribution in [-0.4, -0.2) is 32.8 Å². The zero-order valence-electron chi connectivity index (χ0n) is 13.7. The second kappa shape index (κ2) is 7.57. The van der Waals surface area contributed by atoms with Crippen molar-refractivity contribution in [3.05, 3.63) is 59.7 Å². The first-order valence-corrected chi connectivity index (χ1v) is 8.95. The van der Waals surface area contributed by atoms with Gasteiger partial charge in [0.1, 0.15) is 0 Å². The van der Waals surface area contributed by atoms with E-state index in [1.807, 2.05) is 43.1 Å². The lowest BCUT2D eigenvalue weighted by Crippen LogP contribution is -2.29. The lowest BCUT2D eigenvalue weighted by atomic mass is 10.1. The molecule has 0 saturated carbocycles. The highest BCUT2D eigenvalue weighted by Crippen LogP contribution is 2.14. The standard InChI is InChI=1S/C17H21N3O3S/c1-13-6-8-14(9-7-13)11-20(2)12-17(21)19-15-4-3-5-16(10-15)24(18,22)23/h3-10H,11-12H2,1-2H3,(H,19,21)(H2,18,22,23). The Morgan fingerprint density at radius 2 is 1.83 bits per heavy atom. The molecule has 3 N–H and O–H groups in total. The topological polar surface area (TPSA) is 92.5 Å². The Balaban J connectivity index is 1.94. The summed E-state index contributed by atoms with van der Waals surface area (Å²) >= 11 is 0. The summed E-state index contributed by atoms with van der Waals surface area (Å²) in [6.45, 7) is 2.86. The molecule has 2 aromatic carbocycles. The molecule has 6 nitrogen and oxygen atoms in total. The van der Waals surface area contributed by atoms with Gasteiger partial charge in [0.15, 0.2) is 0 Å². The van der Waals surface area contributed by atoms with Crippen LogP contribution in [0.5, 0.6) is 0 Å². The van der Waals surface area contributed by atoms with E-state index >= 15 is 0 Å². The van der Waals surface area contributed by atoms with E-state index in [2.05, 4.69) is 5.32 Å². The zero-order chi connectivity index (χ0) is 17.7. The smallest absolute Gasteiger partial charge is 0.238 e. The van der Waals surface area contributed by atoms with Crippen molar-refractivity contribution in [2.75, 3.05) is 18.9 Å². The van der Waals surface area contributed by atoms with E-state index in [-0.39, 0.29) is 17.3 Å². The van der Waals surface area contributed by atoms with Crippen molar-refractivity contribution >= 4 is 21.6 Å². The largest absolute Gasteiger partial charge is 0.325 e. The number of nitrogens with two attached hydrogens (primary N) is 1. The minimum atomic E-state index is -3.79. The number of carbonyl (C=O) groups excluding carboxylic acids is 1. The Bertz CT molecular complexity index is 817. The Morgan fingerprint density at radius 3 is 2.46 bits per heavy atom. The van der Waals surface area contributed by atoms with Crippen LogP contribution in [0.3, 0.4) is 0 Å². The van der Waals surface area contributed by atoms with Crippen molar-refractivity contribution in [3.63, 3.8) is 0 Å². The summed E-state index contributed by atoms with van der Waals surface area (Å²) in [7, 11) is -1.94. The Kier molecular flexibility index (Phi) is 5.71. The summed E-state index contributed by atoms with van der Waals surface area (Å²) in [5, 5.41) is 7.76. The van der Waals surface area contributed by atoms with E-state index in [1.165, 1.54) is 23.8 Å². The summed E-state index contributed by atoms with van der Waals surface area (Å²) in [5.74, 6) is -0.226. The molecule has 24 heavy (non-hydrogen) atoms. The van der Waals surface area contributed by atoms with E-state index in [0.717, 1.165) is 5.56 Å². The highest BCUT2D eigenvalue weighted by Gasteiger charge is 2.11. The molecule has 0 saturated heterocycles. The number of hydrogen-bond acceptors (Lipinski definition) is 4. The molecule has 0 heterocycles. The van der Waals surface area contributed by atoms with Gasteiger partial charge < -0.3 is 5.32 Å². The first-order valence-electron chi connectivity index (χ1n) is 7.41. The molecule has 0 spiro atoms. The van der Waals surface area contributed by atoms with Crippen molar-refractivity contribution in [2.24, 2.45) is 5.14 Å². The Morgan fingerprint density at radius 1 is 1.17 bits per heavy atom. The molecule has 128 valence electrons. The van der Waals surface area contributed by atoms with Gasteiger partial charge in [-0.3, -0.25) is 9.69 Å². The molecule has 0 bridgehead atoms. The summed E-state index contributed by atoms with van der Waals surface area (Å²) in [4.78, 5) is 13.9. The molecule has 1 amide bonds. The van der Waals surface area contributed by atoms with Crippen LogP contribution in [0.4, 0.5) is 5.69 Å². The van der Waals surface area contributed by atoms with Gasteiger partial charge in [0.05, 0.1) is 11.4 Å². The van der Waals surface area contributed by atoms with Gasteiger partial charge in [-0.2, -0.15) is 0 Å². The maximum atomic E-state index is 12.1. The van der Waals surface area contributed by atoms with E-state index < -0.39 is 10.0 Å². The van der Waals surface area contributed by atoms with Crippen LogP contribution in [-0.2, 0) is 21.4 Å². The molecule has 0 radical (unpaired) electrons. The number of aryl methyl sites for hydroxylation is 1. The van der Waals surface area contributed by atoms with Gasteiger partial charge in [0.25, 0.3) is 0 Å². The third-order valence-corrected chi connectivity index (χ3v) is 4.34. The monoisotopic (exact) mass is 347 g/mol. The molecule has 0 atom stereocenters. The first kappa shape index (κ1) is 18.1. The third-order valence-electron chi connectivity index (χ3n) is 3.43. The van der Waals surface area contributed by atoms with Gasteiger partial charge in [-0.15, -0.1) is 0 Å². The highest BCUT2D eigenvalue weighted by atomic mass is 32.2. The van der Waals surface area contributed by atoms with Crippen LogP contribution < -0.4 is 10.5 Å². The maximum absolute atomic E-state index is 12.1. The molecule has 0 fully saturated rings. The number of rotatable bonds is 6. The predicted octanol–water partition coefficient (Wildman–Crippen LogP) is 1.71. The average Bonchev–Trinajstić information content (AvgIpc) is 2.49. The van der Waals surface area contributed by atoms with Crippen LogP contribution in [0, 0.1) is 6.92 Å². The molecule has 7 heteroatoms. The van der Waals surface area contributed by atoms with Crippen LogP contribution in [0.25, 0.3) is 0 Å². The number of benzene rings is 2. The van der Waals surface area contributed by atoms with Crippen LogP contribution in [0.1, 0.15) is 11.1 Å².